The predicted molar refractivity (Wildman–Crippen MR) is 68.3 cm³/mol. The molecule has 0 radical (unpaired) electrons. The van der Waals surface area contributed by atoms with Gasteiger partial charge in [-0.25, -0.2) is 9.67 Å². The third-order valence-electron chi connectivity index (χ3n) is 2.57. The van der Waals surface area contributed by atoms with Crippen LogP contribution in [0.5, 0.6) is 0 Å². The van der Waals surface area contributed by atoms with Crippen molar-refractivity contribution in [2.45, 2.75) is 0 Å². The molecule has 5 heteroatoms. The molecule has 0 saturated heterocycles. The SMILES string of the molecule is Nc1nn(-c2nccc3ccccc23)cc1Cl. The minimum Gasteiger partial charge on any atom is -0.381 e. The highest BCUT2D eigenvalue weighted by Gasteiger charge is 2.08. The van der Waals surface area contributed by atoms with Crippen LogP contribution in [0.2, 0.25) is 5.02 Å². The van der Waals surface area contributed by atoms with Gasteiger partial charge in [0.05, 0.1) is 6.20 Å². The molecular formula is C12H9ClN4. The summed E-state index contributed by atoms with van der Waals surface area (Å²) in [5.41, 5.74) is 5.63. The highest BCUT2D eigenvalue weighted by Crippen LogP contribution is 2.23. The summed E-state index contributed by atoms with van der Waals surface area (Å²) in [6, 6.07) is 9.91. The van der Waals surface area contributed by atoms with E-state index in [1.807, 2.05) is 30.3 Å². The molecule has 0 fully saturated rings. The molecule has 4 nitrogen and oxygen atoms in total. The number of fused-ring (bicyclic) bond motifs is 1. The summed E-state index contributed by atoms with van der Waals surface area (Å²) in [6.45, 7) is 0. The Morgan fingerprint density at radius 1 is 1.18 bits per heavy atom. The molecule has 0 aliphatic rings. The quantitative estimate of drug-likeness (QED) is 0.716. The maximum Gasteiger partial charge on any atom is 0.164 e. The Morgan fingerprint density at radius 2 is 2.00 bits per heavy atom. The molecule has 0 atom stereocenters. The van der Waals surface area contributed by atoms with Gasteiger partial charge >= 0.3 is 0 Å². The molecule has 2 N–H and O–H groups in total. The van der Waals surface area contributed by atoms with Crippen LogP contribution in [-0.2, 0) is 0 Å². The van der Waals surface area contributed by atoms with Crippen molar-refractivity contribution in [2.75, 3.05) is 5.73 Å². The fourth-order valence-electron chi connectivity index (χ4n) is 1.76. The zero-order valence-corrected chi connectivity index (χ0v) is 9.59. The maximum absolute atomic E-state index is 5.89. The van der Waals surface area contributed by atoms with Crippen molar-refractivity contribution in [1.82, 2.24) is 14.8 Å². The lowest BCUT2D eigenvalue weighted by Gasteiger charge is -2.04. The summed E-state index contributed by atoms with van der Waals surface area (Å²) in [5.74, 6) is 1.03. The largest absolute Gasteiger partial charge is 0.381 e. The highest BCUT2D eigenvalue weighted by molar-refractivity contribution is 6.32. The molecule has 0 spiro atoms. The molecule has 0 amide bonds. The second-order valence-corrected chi connectivity index (χ2v) is 4.07. The van der Waals surface area contributed by atoms with Gasteiger partial charge < -0.3 is 5.73 Å². The van der Waals surface area contributed by atoms with Crippen molar-refractivity contribution >= 4 is 28.2 Å². The van der Waals surface area contributed by atoms with Gasteiger partial charge in [0.15, 0.2) is 11.6 Å². The van der Waals surface area contributed by atoms with Gasteiger partial charge in [-0.1, -0.05) is 35.9 Å². The van der Waals surface area contributed by atoms with E-state index in [-0.39, 0.29) is 0 Å². The summed E-state index contributed by atoms with van der Waals surface area (Å²) in [4.78, 5) is 4.32. The molecule has 2 heterocycles. The number of hydrogen-bond donors (Lipinski definition) is 1. The fourth-order valence-corrected chi connectivity index (χ4v) is 1.89. The van der Waals surface area contributed by atoms with Crippen molar-refractivity contribution < 1.29 is 0 Å². The van der Waals surface area contributed by atoms with Crippen LogP contribution in [0.25, 0.3) is 16.6 Å². The Bertz CT molecular complexity index is 665. The fraction of sp³-hybridized carbons (Fsp3) is 0. The number of rotatable bonds is 1. The van der Waals surface area contributed by atoms with E-state index in [1.54, 1.807) is 17.1 Å². The molecule has 84 valence electrons. The second kappa shape index (κ2) is 3.75. The average Bonchev–Trinajstić information content (AvgIpc) is 2.69. The first-order chi connectivity index (χ1) is 8.25. The van der Waals surface area contributed by atoms with Crippen molar-refractivity contribution in [3.63, 3.8) is 0 Å². The van der Waals surface area contributed by atoms with Crippen LogP contribution in [0.15, 0.2) is 42.7 Å². The smallest absolute Gasteiger partial charge is 0.164 e. The van der Waals surface area contributed by atoms with Gasteiger partial charge in [0.1, 0.15) is 5.02 Å². The Balaban J connectivity index is 2.30. The minimum absolute atomic E-state index is 0.307. The summed E-state index contributed by atoms with van der Waals surface area (Å²) in [6.07, 6.45) is 3.40. The Kier molecular flexibility index (Phi) is 2.23. The monoisotopic (exact) mass is 244 g/mol. The number of nitrogens with two attached hydrogens (primary N) is 1. The standard InChI is InChI=1S/C12H9ClN4/c13-10-7-17(16-11(10)14)12-9-4-2-1-3-8(9)5-6-15-12/h1-7H,(H2,14,16). The zero-order valence-electron chi connectivity index (χ0n) is 8.84. The number of pyridine rings is 1. The summed E-state index contributed by atoms with van der Waals surface area (Å²) >= 11 is 5.89. The lowest BCUT2D eigenvalue weighted by atomic mass is 10.2. The molecule has 0 bridgehead atoms. The number of nitrogen functional groups attached to an aromatic ring is 1. The third kappa shape index (κ3) is 1.62. The second-order valence-electron chi connectivity index (χ2n) is 3.66. The Morgan fingerprint density at radius 3 is 2.76 bits per heavy atom. The van der Waals surface area contributed by atoms with Crippen molar-refractivity contribution in [3.8, 4) is 5.82 Å². The molecule has 0 unspecified atom stereocenters. The molecular weight excluding hydrogens is 236 g/mol. The number of anilines is 1. The van der Waals surface area contributed by atoms with Crippen LogP contribution in [0.3, 0.4) is 0 Å². The first kappa shape index (κ1) is 10.1. The maximum atomic E-state index is 5.89. The lowest BCUT2D eigenvalue weighted by Crippen LogP contribution is -1.99. The molecule has 3 aromatic rings. The van der Waals surface area contributed by atoms with Gasteiger partial charge in [0.25, 0.3) is 0 Å². The van der Waals surface area contributed by atoms with E-state index in [2.05, 4.69) is 10.1 Å². The molecule has 0 aliphatic heterocycles. The number of halogens is 1. The topological polar surface area (TPSA) is 56.7 Å². The van der Waals surface area contributed by atoms with Crippen LogP contribution in [0, 0.1) is 0 Å². The lowest BCUT2D eigenvalue weighted by molar-refractivity contribution is 0.861. The van der Waals surface area contributed by atoms with Crippen LogP contribution in [0.1, 0.15) is 0 Å². The van der Waals surface area contributed by atoms with Crippen LogP contribution in [0.4, 0.5) is 5.82 Å². The van der Waals surface area contributed by atoms with Crippen molar-refractivity contribution in [3.05, 3.63) is 47.7 Å². The number of nitrogens with zero attached hydrogens (tertiary/aromatic N) is 3. The van der Waals surface area contributed by atoms with E-state index in [1.165, 1.54) is 0 Å². The van der Waals surface area contributed by atoms with E-state index in [0.717, 1.165) is 16.6 Å². The Labute approximate surface area is 103 Å². The summed E-state index contributed by atoms with van der Waals surface area (Å²) in [5, 5.41) is 6.67. The molecule has 2 aromatic heterocycles. The van der Waals surface area contributed by atoms with Gasteiger partial charge in [-0.3, -0.25) is 0 Å². The van der Waals surface area contributed by atoms with Crippen molar-refractivity contribution in [1.29, 1.82) is 0 Å². The number of aromatic nitrogens is 3. The highest BCUT2D eigenvalue weighted by atomic mass is 35.5. The van der Waals surface area contributed by atoms with Crippen LogP contribution < -0.4 is 5.73 Å². The summed E-state index contributed by atoms with van der Waals surface area (Å²) < 4.78 is 1.60. The minimum atomic E-state index is 0.307. The van der Waals surface area contributed by atoms with Gasteiger partial charge in [-0.05, 0) is 11.5 Å². The normalized spacial score (nSPS) is 10.9. The molecule has 0 aliphatic carbocycles. The molecule has 17 heavy (non-hydrogen) atoms. The van der Waals surface area contributed by atoms with Gasteiger partial charge in [0, 0.05) is 11.6 Å². The molecule has 1 aromatic carbocycles. The van der Waals surface area contributed by atoms with Crippen LogP contribution >= 0.6 is 11.6 Å². The number of benzene rings is 1. The average molecular weight is 245 g/mol. The van der Waals surface area contributed by atoms with Gasteiger partial charge in [-0.15, -0.1) is 5.10 Å². The third-order valence-corrected chi connectivity index (χ3v) is 2.86. The first-order valence-corrected chi connectivity index (χ1v) is 5.48. The van der Waals surface area contributed by atoms with Gasteiger partial charge in [0.2, 0.25) is 0 Å². The van der Waals surface area contributed by atoms with Crippen molar-refractivity contribution in [2.24, 2.45) is 0 Å². The zero-order chi connectivity index (χ0) is 11.8. The molecule has 0 saturated carbocycles. The van der Waals surface area contributed by atoms with E-state index in [4.69, 9.17) is 17.3 Å². The Hall–Kier alpha value is -2.07. The summed E-state index contributed by atoms with van der Waals surface area (Å²) in [7, 11) is 0. The van der Waals surface area contributed by atoms with E-state index in [9.17, 15) is 0 Å². The van der Waals surface area contributed by atoms with E-state index >= 15 is 0 Å². The first-order valence-electron chi connectivity index (χ1n) is 5.10. The number of hydrogen-bond acceptors (Lipinski definition) is 3. The predicted octanol–water partition coefficient (Wildman–Crippen LogP) is 2.66. The molecule has 3 rings (SSSR count). The van der Waals surface area contributed by atoms with E-state index in [0.29, 0.717) is 10.8 Å². The van der Waals surface area contributed by atoms with E-state index < -0.39 is 0 Å². The van der Waals surface area contributed by atoms with Gasteiger partial charge in [-0.2, -0.15) is 0 Å². The van der Waals surface area contributed by atoms with Crippen LogP contribution in [-0.4, -0.2) is 14.8 Å².